The number of carbonyl (C=O) groups excluding carboxylic acids is 1. The normalized spacial score (nSPS) is 14.6. The number of para-hydroxylation sites is 1. The van der Waals surface area contributed by atoms with E-state index in [9.17, 15) is 4.79 Å². The molecule has 0 spiro atoms. The number of piperidine rings is 1. The number of amides is 1. The highest BCUT2D eigenvalue weighted by molar-refractivity contribution is 6.00. The second-order valence-corrected chi connectivity index (χ2v) is 9.22. The number of unbranched alkanes of at least 4 members (excludes halogenated alkanes) is 1. The molecule has 1 amide bonds. The van der Waals surface area contributed by atoms with Crippen LogP contribution in [0.25, 0.3) is 16.9 Å². The number of rotatable bonds is 10. The van der Waals surface area contributed by atoms with Gasteiger partial charge in [0.25, 0.3) is 5.91 Å². The lowest BCUT2D eigenvalue weighted by Crippen LogP contribution is -2.34. The Morgan fingerprint density at radius 3 is 2.54 bits per heavy atom. The zero-order valence-electron chi connectivity index (χ0n) is 21.0. The van der Waals surface area contributed by atoms with Crippen LogP contribution in [-0.4, -0.2) is 61.0 Å². The van der Waals surface area contributed by atoms with E-state index in [0.717, 1.165) is 36.6 Å². The van der Waals surface area contributed by atoms with E-state index >= 15 is 0 Å². The summed E-state index contributed by atoms with van der Waals surface area (Å²) in [6.07, 6.45) is 6.40. The molecule has 0 unspecified atom stereocenters. The maximum absolute atomic E-state index is 13.3. The summed E-state index contributed by atoms with van der Waals surface area (Å²) < 4.78 is 12.7. The van der Waals surface area contributed by atoms with Crippen LogP contribution >= 0.6 is 0 Å². The molecule has 1 aliphatic heterocycles. The number of nitrogens with one attached hydrogen (secondary N) is 1. The highest BCUT2D eigenvalue weighted by atomic mass is 16.5. The van der Waals surface area contributed by atoms with Crippen molar-refractivity contribution >= 4 is 5.91 Å². The SMILES string of the molecule is COc1ccc(-c2nn(-c3ccccc3)cc2C(=O)NCCCCN2CCC(C)CC2)c(OC)c1. The van der Waals surface area contributed by atoms with E-state index in [1.807, 2.05) is 42.5 Å². The Morgan fingerprint density at radius 2 is 1.83 bits per heavy atom. The first-order chi connectivity index (χ1) is 17.1. The van der Waals surface area contributed by atoms with E-state index in [1.54, 1.807) is 31.2 Å². The minimum Gasteiger partial charge on any atom is -0.497 e. The van der Waals surface area contributed by atoms with Crippen molar-refractivity contribution in [3.63, 3.8) is 0 Å². The average Bonchev–Trinajstić information content (AvgIpc) is 3.35. The Hall–Kier alpha value is -3.32. The molecule has 7 nitrogen and oxygen atoms in total. The highest BCUT2D eigenvalue weighted by Gasteiger charge is 2.22. The topological polar surface area (TPSA) is 68.6 Å². The number of nitrogens with zero attached hydrogens (tertiary/aromatic N) is 3. The van der Waals surface area contributed by atoms with Crippen LogP contribution in [0.1, 0.15) is 43.0 Å². The summed E-state index contributed by atoms with van der Waals surface area (Å²) in [7, 11) is 3.22. The molecule has 1 saturated heterocycles. The van der Waals surface area contributed by atoms with Crippen LogP contribution in [0.15, 0.2) is 54.7 Å². The number of hydrogen-bond donors (Lipinski definition) is 1. The minimum absolute atomic E-state index is 0.133. The lowest BCUT2D eigenvalue weighted by Gasteiger charge is -2.30. The van der Waals surface area contributed by atoms with Crippen LogP contribution in [0.5, 0.6) is 11.5 Å². The molecule has 2 heterocycles. The number of aromatic nitrogens is 2. The number of ether oxygens (including phenoxy) is 2. The van der Waals surface area contributed by atoms with E-state index in [4.69, 9.17) is 14.6 Å². The van der Waals surface area contributed by atoms with Crippen LogP contribution in [0.3, 0.4) is 0 Å². The van der Waals surface area contributed by atoms with Gasteiger partial charge in [-0.05, 0) is 75.5 Å². The van der Waals surface area contributed by atoms with Crippen molar-refractivity contribution < 1.29 is 14.3 Å². The quantitative estimate of drug-likeness (QED) is 0.426. The van der Waals surface area contributed by atoms with Crippen LogP contribution in [0.2, 0.25) is 0 Å². The maximum atomic E-state index is 13.3. The number of benzene rings is 2. The van der Waals surface area contributed by atoms with Gasteiger partial charge in [-0.1, -0.05) is 25.1 Å². The first-order valence-corrected chi connectivity index (χ1v) is 12.5. The van der Waals surface area contributed by atoms with Gasteiger partial charge in [0.1, 0.15) is 17.2 Å². The van der Waals surface area contributed by atoms with Crippen molar-refractivity contribution in [1.29, 1.82) is 0 Å². The summed E-state index contributed by atoms with van der Waals surface area (Å²) in [5, 5.41) is 7.88. The van der Waals surface area contributed by atoms with Crippen molar-refractivity contribution in [2.75, 3.05) is 40.4 Å². The molecule has 2 aromatic carbocycles. The Balaban J connectivity index is 1.48. The van der Waals surface area contributed by atoms with Crippen molar-refractivity contribution in [3.05, 3.63) is 60.3 Å². The molecule has 0 radical (unpaired) electrons. The smallest absolute Gasteiger partial charge is 0.255 e. The molecule has 1 aromatic heterocycles. The molecule has 0 bridgehead atoms. The molecule has 0 saturated carbocycles. The fourth-order valence-electron chi connectivity index (χ4n) is 4.49. The number of carbonyl (C=O) groups is 1. The molecule has 1 N–H and O–H groups in total. The highest BCUT2D eigenvalue weighted by Crippen LogP contribution is 2.34. The van der Waals surface area contributed by atoms with Crippen LogP contribution in [0.4, 0.5) is 0 Å². The molecule has 35 heavy (non-hydrogen) atoms. The van der Waals surface area contributed by atoms with Gasteiger partial charge in [-0.2, -0.15) is 5.10 Å². The van der Waals surface area contributed by atoms with Gasteiger partial charge in [0.05, 0.1) is 25.5 Å². The fraction of sp³-hybridized carbons (Fsp3) is 0.429. The Bertz CT molecular complexity index is 1100. The Labute approximate surface area is 208 Å². The molecule has 0 atom stereocenters. The van der Waals surface area contributed by atoms with Crippen molar-refractivity contribution in [2.45, 2.75) is 32.6 Å². The standard InChI is InChI=1S/C28H36N4O3/c1-21-13-17-31(18-14-21)16-8-7-15-29-28(33)25-20-32(22-9-5-4-6-10-22)30-27(25)24-12-11-23(34-2)19-26(24)35-3/h4-6,9-12,19-21H,7-8,13-18H2,1-3H3,(H,29,33). The number of methoxy groups -OCH3 is 2. The van der Waals surface area contributed by atoms with Gasteiger partial charge in [-0.3, -0.25) is 4.79 Å². The van der Waals surface area contributed by atoms with E-state index in [2.05, 4.69) is 17.1 Å². The predicted molar refractivity (Wildman–Crippen MR) is 139 cm³/mol. The number of hydrogen-bond acceptors (Lipinski definition) is 5. The monoisotopic (exact) mass is 476 g/mol. The van der Waals surface area contributed by atoms with Gasteiger partial charge in [0.2, 0.25) is 0 Å². The third-order valence-electron chi connectivity index (χ3n) is 6.71. The second-order valence-electron chi connectivity index (χ2n) is 9.22. The Kier molecular flexibility index (Phi) is 8.42. The molecule has 3 aromatic rings. The first-order valence-electron chi connectivity index (χ1n) is 12.5. The van der Waals surface area contributed by atoms with Gasteiger partial charge in [0.15, 0.2) is 0 Å². The molecular formula is C28H36N4O3. The second kappa shape index (κ2) is 11.9. The largest absolute Gasteiger partial charge is 0.497 e. The van der Waals surface area contributed by atoms with Gasteiger partial charge < -0.3 is 19.7 Å². The van der Waals surface area contributed by atoms with E-state index in [0.29, 0.717) is 29.3 Å². The number of likely N-dealkylation sites (tertiary alicyclic amines) is 1. The summed E-state index contributed by atoms with van der Waals surface area (Å²) in [6, 6.07) is 15.3. The van der Waals surface area contributed by atoms with Crippen molar-refractivity contribution in [3.8, 4) is 28.4 Å². The lowest BCUT2D eigenvalue weighted by molar-refractivity contribution is 0.0953. The minimum atomic E-state index is -0.133. The van der Waals surface area contributed by atoms with Crippen molar-refractivity contribution in [1.82, 2.24) is 20.0 Å². The summed E-state index contributed by atoms with van der Waals surface area (Å²) >= 11 is 0. The van der Waals surface area contributed by atoms with Crippen molar-refractivity contribution in [2.24, 2.45) is 5.92 Å². The molecule has 0 aliphatic carbocycles. The summed E-state index contributed by atoms with van der Waals surface area (Å²) in [6.45, 7) is 6.46. The Morgan fingerprint density at radius 1 is 1.06 bits per heavy atom. The molecule has 1 fully saturated rings. The zero-order chi connectivity index (χ0) is 24.6. The molecular weight excluding hydrogens is 440 g/mol. The molecule has 1 aliphatic rings. The van der Waals surface area contributed by atoms with E-state index in [1.165, 1.54) is 25.9 Å². The third-order valence-corrected chi connectivity index (χ3v) is 6.71. The zero-order valence-corrected chi connectivity index (χ0v) is 21.0. The summed E-state index contributed by atoms with van der Waals surface area (Å²) in [5.74, 6) is 2.00. The van der Waals surface area contributed by atoms with Crippen LogP contribution < -0.4 is 14.8 Å². The molecule has 7 heteroatoms. The van der Waals surface area contributed by atoms with Gasteiger partial charge >= 0.3 is 0 Å². The first kappa shape index (κ1) is 24.8. The van der Waals surface area contributed by atoms with Gasteiger partial charge in [0, 0.05) is 24.4 Å². The van der Waals surface area contributed by atoms with Crippen LogP contribution in [-0.2, 0) is 0 Å². The molecule has 4 rings (SSSR count). The fourth-order valence-corrected chi connectivity index (χ4v) is 4.49. The van der Waals surface area contributed by atoms with E-state index < -0.39 is 0 Å². The third kappa shape index (κ3) is 6.22. The van der Waals surface area contributed by atoms with E-state index in [-0.39, 0.29) is 5.91 Å². The average molecular weight is 477 g/mol. The predicted octanol–water partition coefficient (Wildman–Crippen LogP) is 4.80. The van der Waals surface area contributed by atoms with Crippen LogP contribution in [0, 0.1) is 5.92 Å². The van der Waals surface area contributed by atoms with Gasteiger partial charge in [-0.25, -0.2) is 4.68 Å². The van der Waals surface area contributed by atoms with Gasteiger partial charge in [-0.15, -0.1) is 0 Å². The summed E-state index contributed by atoms with van der Waals surface area (Å²) in [5.41, 5.74) is 2.72. The lowest BCUT2D eigenvalue weighted by atomic mass is 9.99. The summed E-state index contributed by atoms with van der Waals surface area (Å²) in [4.78, 5) is 15.8. The maximum Gasteiger partial charge on any atom is 0.255 e. The molecule has 186 valence electrons.